The van der Waals surface area contributed by atoms with Crippen LogP contribution in [0.5, 0.6) is 5.75 Å². The first kappa shape index (κ1) is 35.5. The van der Waals surface area contributed by atoms with Gasteiger partial charge in [0.1, 0.15) is 5.75 Å². The number of sulfonamides is 1. The van der Waals surface area contributed by atoms with E-state index in [0.29, 0.717) is 28.5 Å². The van der Waals surface area contributed by atoms with Crippen LogP contribution in [0, 0.1) is 0 Å². The zero-order valence-corrected chi connectivity index (χ0v) is 28.3. The van der Waals surface area contributed by atoms with E-state index in [1.165, 1.54) is 24.3 Å². The fourth-order valence-electron chi connectivity index (χ4n) is 7.04. The molecule has 0 radical (unpaired) electrons. The van der Waals surface area contributed by atoms with E-state index in [1.807, 2.05) is 0 Å². The normalized spacial score (nSPS) is 22.4. The lowest BCUT2D eigenvalue weighted by atomic mass is 9.94. The SMILES string of the molecule is NC1CC2CCC(C1)N2C(=O)[C@H](N(OC(=O)C(F)(F)F)S(=O)(=O)c1ccc2cc(OC3CCCC3)ccc2c1)C(F)(F)c1ccc(Br)cc1. The highest BCUT2D eigenvalue weighted by Crippen LogP contribution is 2.43. The van der Waals surface area contributed by atoms with Gasteiger partial charge in [-0.05, 0) is 103 Å². The molecule has 2 unspecified atom stereocenters. The lowest BCUT2D eigenvalue weighted by molar-refractivity contribution is -0.240. The minimum Gasteiger partial charge on any atom is -0.490 e. The highest BCUT2D eigenvalue weighted by atomic mass is 79.9. The quantitative estimate of drug-likeness (QED) is 0.193. The van der Waals surface area contributed by atoms with Crippen LogP contribution in [0.2, 0.25) is 0 Å². The van der Waals surface area contributed by atoms with Crippen molar-refractivity contribution >= 4 is 48.6 Å². The Labute approximate surface area is 287 Å². The Kier molecular flexibility index (Phi) is 9.72. The number of hydroxylamine groups is 1. The van der Waals surface area contributed by atoms with Gasteiger partial charge in [-0.3, -0.25) is 4.79 Å². The molecule has 3 aliphatic rings. The van der Waals surface area contributed by atoms with Crippen molar-refractivity contribution in [3.8, 4) is 5.75 Å². The summed E-state index contributed by atoms with van der Waals surface area (Å²) in [6, 6.07) is 7.31. The second-order valence-corrected chi connectivity index (χ2v) is 15.4. The van der Waals surface area contributed by atoms with Crippen LogP contribution in [0.15, 0.2) is 70.0 Å². The van der Waals surface area contributed by atoms with Crippen molar-refractivity contribution in [1.82, 2.24) is 9.37 Å². The Bertz CT molecular complexity index is 1820. The van der Waals surface area contributed by atoms with E-state index < -0.39 is 67.1 Å². The monoisotopic (exact) mass is 773 g/mol. The summed E-state index contributed by atoms with van der Waals surface area (Å²) in [4.78, 5) is 31.2. The lowest BCUT2D eigenvalue weighted by Crippen LogP contribution is -2.62. The first-order chi connectivity index (χ1) is 23.1. The number of carbonyl (C=O) groups excluding carboxylic acids is 2. The van der Waals surface area contributed by atoms with Gasteiger partial charge in [-0.25, -0.2) is 13.2 Å². The summed E-state index contributed by atoms with van der Waals surface area (Å²) in [5, 5.41) is 0.759. The molecular weight excluding hydrogens is 741 g/mol. The number of piperidine rings is 1. The smallest absolute Gasteiger partial charge is 0.490 e. The fraction of sp³-hybridized carbons (Fsp3) is 0.455. The number of nitrogens with zero attached hydrogens (tertiary/aromatic N) is 2. The third-order valence-corrected chi connectivity index (χ3v) is 11.5. The zero-order chi connectivity index (χ0) is 35.3. The Balaban J connectivity index is 1.46. The van der Waals surface area contributed by atoms with Crippen molar-refractivity contribution in [2.75, 3.05) is 0 Å². The molecule has 3 fully saturated rings. The van der Waals surface area contributed by atoms with Crippen molar-refractivity contribution in [1.29, 1.82) is 0 Å². The Morgan fingerprint density at radius 2 is 1.47 bits per heavy atom. The van der Waals surface area contributed by atoms with E-state index in [0.717, 1.165) is 54.8 Å². The van der Waals surface area contributed by atoms with Crippen molar-refractivity contribution in [2.45, 2.75) is 98.6 Å². The first-order valence-electron chi connectivity index (χ1n) is 15.8. The summed E-state index contributed by atoms with van der Waals surface area (Å²) in [5.74, 6) is -8.59. The van der Waals surface area contributed by atoms with Gasteiger partial charge in [0.15, 0.2) is 0 Å². The summed E-state index contributed by atoms with van der Waals surface area (Å²) >= 11 is 3.12. The molecule has 2 aliphatic heterocycles. The van der Waals surface area contributed by atoms with E-state index in [1.54, 1.807) is 12.1 Å². The molecule has 9 nitrogen and oxygen atoms in total. The summed E-state index contributed by atoms with van der Waals surface area (Å²) in [7, 11) is -5.59. The van der Waals surface area contributed by atoms with Crippen molar-refractivity contribution in [3.05, 3.63) is 70.7 Å². The molecule has 3 atom stereocenters. The summed E-state index contributed by atoms with van der Waals surface area (Å²) in [6.07, 6.45) is -0.768. The molecule has 264 valence electrons. The highest BCUT2D eigenvalue weighted by Gasteiger charge is 2.60. The largest absolute Gasteiger partial charge is 0.492 e. The van der Waals surface area contributed by atoms with Gasteiger partial charge in [0.05, 0.1) is 11.0 Å². The Morgan fingerprint density at radius 3 is 2.08 bits per heavy atom. The molecule has 1 saturated carbocycles. The van der Waals surface area contributed by atoms with E-state index in [9.17, 15) is 31.2 Å². The number of nitrogens with two attached hydrogens (primary N) is 1. The van der Waals surface area contributed by atoms with Crippen LogP contribution in [0.3, 0.4) is 0 Å². The molecule has 0 spiro atoms. The van der Waals surface area contributed by atoms with Gasteiger partial charge in [-0.15, -0.1) is 0 Å². The maximum atomic E-state index is 16.7. The number of amides is 1. The standard InChI is InChI=1S/C33H33BrF5N3O6S/c34-22-9-7-21(8-10-22)32(35,36)29(30(43)41-24-11-12-25(41)18-23(40)17-24)42(48-31(44)33(37,38)39)49(45,46)28-14-6-19-15-27(13-5-20(19)16-28)47-26-3-1-2-4-26/h5-10,13-16,23-26,29H,1-4,11-12,17-18,40H2/t23?,24?,25?,29-/m0/s1. The molecule has 1 amide bonds. The van der Waals surface area contributed by atoms with Crippen LogP contribution >= 0.6 is 15.9 Å². The topological polar surface area (TPSA) is 119 Å². The van der Waals surface area contributed by atoms with Gasteiger partial charge in [0, 0.05) is 28.2 Å². The number of hydrogen-bond acceptors (Lipinski definition) is 7. The molecule has 6 rings (SSSR count). The van der Waals surface area contributed by atoms with Gasteiger partial charge < -0.3 is 20.2 Å². The molecule has 0 aromatic heterocycles. The molecule has 3 aromatic carbocycles. The van der Waals surface area contributed by atoms with E-state index in [-0.39, 0.29) is 30.4 Å². The fourth-order valence-corrected chi connectivity index (χ4v) is 8.69. The van der Waals surface area contributed by atoms with Gasteiger partial charge >= 0.3 is 18.1 Å². The van der Waals surface area contributed by atoms with E-state index in [4.69, 9.17) is 10.5 Å². The van der Waals surface area contributed by atoms with Crippen LogP contribution < -0.4 is 10.5 Å². The minimum absolute atomic E-state index is 0.0294. The Morgan fingerprint density at radius 1 is 0.878 bits per heavy atom. The summed E-state index contributed by atoms with van der Waals surface area (Å²) < 4.78 is 108. The molecule has 2 heterocycles. The molecule has 2 saturated heterocycles. The van der Waals surface area contributed by atoms with Crippen molar-refractivity contribution in [2.24, 2.45) is 5.73 Å². The molecular formula is C33H33BrF5N3O6S. The highest BCUT2D eigenvalue weighted by molar-refractivity contribution is 9.10. The van der Waals surface area contributed by atoms with Gasteiger partial charge in [0.25, 0.3) is 15.9 Å². The molecule has 3 aromatic rings. The maximum absolute atomic E-state index is 16.7. The number of carbonyl (C=O) groups is 2. The molecule has 49 heavy (non-hydrogen) atoms. The van der Waals surface area contributed by atoms with Crippen LogP contribution in [0.4, 0.5) is 22.0 Å². The first-order valence-corrected chi connectivity index (χ1v) is 18.0. The van der Waals surface area contributed by atoms with Crippen LogP contribution in [-0.4, -0.2) is 66.1 Å². The zero-order valence-electron chi connectivity index (χ0n) is 25.9. The van der Waals surface area contributed by atoms with Crippen molar-refractivity contribution < 1.29 is 49.5 Å². The summed E-state index contributed by atoms with van der Waals surface area (Å²) in [6.45, 7) is 0. The predicted octanol–water partition coefficient (Wildman–Crippen LogP) is 6.58. The average molecular weight is 775 g/mol. The second-order valence-electron chi connectivity index (χ2n) is 12.7. The number of hydrogen-bond donors (Lipinski definition) is 1. The number of benzene rings is 3. The second kappa shape index (κ2) is 13.4. The minimum atomic E-state index is -5.80. The molecule has 1 aliphatic carbocycles. The van der Waals surface area contributed by atoms with Crippen LogP contribution in [0.25, 0.3) is 10.8 Å². The van der Waals surface area contributed by atoms with E-state index >= 15 is 8.78 Å². The number of fused-ring (bicyclic) bond motifs is 3. The third-order valence-electron chi connectivity index (χ3n) is 9.37. The van der Waals surface area contributed by atoms with Gasteiger partial charge in [-0.1, -0.05) is 40.2 Å². The van der Waals surface area contributed by atoms with Gasteiger partial charge in [-0.2, -0.15) is 22.0 Å². The Hall–Kier alpha value is -3.34. The number of rotatable bonds is 9. The lowest BCUT2D eigenvalue weighted by Gasteiger charge is -2.42. The predicted molar refractivity (Wildman–Crippen MR) is 171 cm³/mol. The average Bonchev–Trinajstić information content (AvgIpc) is 3.65. The number of ether oxygens (including phenoxy) is 1. The van der Waals surface area contributed by atoms with Crippen molar-refractivity contribution in [3.63, 3.8) is 0 Å². The van der Waals surface area contributed by atoms with Crippen LogP contribution in [0.1, 0.15) is 56.9 Å². The maximum Gasteiger partial charge on any atom is 0.492 e. The molecule has 2 bridgehead atoms. The third kappa shape index (κ3) is 7.14. The molecule has 16 heteroatoms. The van der Waals surface area contributed by atoms with Crippen LogP contribution in [-0.2, 0) is 30.4 Å². The van der Waals surface area contributed by atoms with E-state index in [2.05, 4.69) is 20.8 Å². The number of halogens is 6. The van der Waals surface area contributed by atoms with Gasteiger partial charge in [0.2, 0.25) is 6.04 Å². The molecule has 2 N–H and O–H groups in total. The number of alkyl halides is 5. The summed E-state index contributed by atoms with van der Waals surface area (Å²) in [5.41, 5.74) is 5.20.